The summed E-state index contributed by atoms with van der Waals surface area (Å²) in [6.45, 7) is 0. The first kappa shape index (κ1) is 15.4. The van der Waals surface area contributed by atoms with Crippen LogP contribution in [-0.4, -0.2) is 9.85 Å². The van der Waals surface area contributed by atoms with Crippen LogP contribution in [0.3, 0.4) is 0 Å². The van der Waals surface area contributed by atoms with E-state index in [0.29, 0.717) is 11.1 Å². The maximum absolute atomic E-state index is 11.5. The average Bonchev–Trinajstić information content (AvgIpc) is 2.62. The Morgan fingerprint density at radius 1 is 0.583 bits per heavy atom. The molecule has 0 N–H and O–H groups in total. The maximum atomic E-state index is 11.5. The normalized spacial score (nSPS) is 10.3. The van der Waals surface area contributed by atoms with Crippen molar-refractivity contribution in [1.29, 1.82) is 0 Å². The third kappa shape index (κ3) is 2.85. The molecule has 0 aromatic heterocycles. The zero-order valence-electron chi connectivity index (χ0n) is 12.5. The second-order valence-corrected chi connectivity index (χ2v) is 5.13. The number of nitro benzene ring substituents is 2. The Hall–Kier alpha value is -3.54. The van der Waals surface area contributed by atoms with E-state index in [1.807, 2.05) is 0 Å². The lowest BCUT2D eigenvalue weighted by molar-refractivity contribution is -0.388. The van der Waals surface area contributed by atoms with Gasteiger partial charge in [0.1, 0.15) is 0 Å². The molecular weight excluding hydrogens is 308 g/mol. The Balaban J connectivity index is 2.32. The fraction of sp³-hybridized carbons (Fsp3) is 0. The van der Waals surface area contributed by atoms with Crippen molar-refractivity contribution in [2.75, 3.05) is 0 Å². The fourth-order valence-corrected chi connectivity index (χ4v) is 2.58. The highest BCUT2D eigenvalue weighted by atomic mass is 16.6. The summed E-state index contributed by atoms with van der Waals surface area (Å²) in [7, 11) is 0. The molecule has 0 fully saturated rings. The molecule has 0 bridgehead atoms. The van der Waals surface area contributed by atoms with Crippen molar-refractivity contribution in [2.24, 2.45) is 0 Å². The minimum absolute atomic E-state index is 0.161. The minimum atomic E-state index is -0.515. The van der Waals surface area contributed by atoms with Crippen molar-refractivity contribution in [1.82, 2.24) is 0 Å². The largest absolute Gasteiger partial charge is 0.278 e. The van der Waals surface area contributed by atoms with Gasteiger partial charge in [0.15, 0.2) is 0 Å². The number of hydrogen-bond donors (Lipinski definition) is 0. The van der Waals surface area contributed by atoms with Gasteiger partial charge in [0, 0.05) is 12.1 Å². The van der Waals surface area contributed by atoms with E-state index in [-0.39, 0.29) is 22.5 Å². The summed E-state index contributed by atoms with van der Waals surface area (Å²) >= 11 is 0. The Labute approximate surface area is 137 Å². The van der Waals surface area contributed by atoms with Gasteiger partial charge < -0.3 is 0 Å². The van der Waals surface area contributed by atoms with Crippen LogP contribution in [0.1, 0.15) is 0 Å². The summed E-state index contributed by atoms with van der Waals surface area (Å²) in [6.07, 6.45) is 0. The molecule has 0 aliphatic heterocycles. The van der Waals surface area contributed by atoms with Crippen molar-refractivity contribution < 1.29 is 9.85 Å². The SMILES string of the molecule is O=[N+]([O-])c1cc(-c2ccccc2)c([N+](=O)[O-])cc1-c1ccccc1. The topological polar surface area (TPSA) is 86.3 Å². The monoisotopic (exact) mass is 320 g/mol. The third-order valence-corrected chi connectivity index (χ3v) is 3.68. The summed E-state index contributed by atoms with van der Waals surface area (Å²) in [6, 6.07) is 19.8. The minimum Gasteiger partial charge on any atom is -0.258 e. The standard InChI is InChI=1S/C18H12N2O4/c21-19(22)17-12-16(14-9-5-2-6-10-14)18(20(23)24)11-15(17)13-7-3-1-4-8-13/h1-12H. The highest BCUT2D eigenvalue weighted by Crippen LogP contribution is 2.40. The molecule has 0 atom stereocenters. The highest BCUT2D eigenvalue weighted by Gasteiger charge is 2.25. The second-order valence-electron chi connectivity index (χ2n) is 5.13. The quantitative estimate of drug-likeness (QED) is 0.508. The van der Waals surface area contributed by atoms with Crippen LogP contribution in [-0.2, 0) is 0 Å². The number of nitro groups is 2. The van der Waals surface area contributed by atoms with Crippen molar-refractivity contribution >= 4 is 11.4 Å². The van der Waals surface area contributed by atoms with Gasteiger partial charge in [-0.3, -0.25) is 20.2 Å². The van der Waals surface area contributed by atoms with Gasteiger partial charge in [0.2, 0.25) is 0 Å². The van der Waals surface area contributed by atoms with Crippen molar-refractivity contribution in [3.8, 4) is 22.3 Å². The van der Waals surface area contributed by atoms with Crippen LogP contribution < -0.4 is 0 Å². The van der Waals surface area contributed by atoms with E-state index in [1.165, 1.54) is 12.1 Å². The molecule has 118 valence electrons. The van der Waals surface area contributed by atoms with Gasteiger partial charge in [-0.25, -0.2) is 0 Å². The molecule has 0 aliphatic carbocycles. The van der Waals surface area contributed by atoms with Crippen LogP contribution in [0.4, 0.5) is 11.4 Å². The molecule has 0 unspecified atom stereocenters. The zero-order chi connectivity index (χ0) is 17.1. The molecule has 0 saturated carbocycles. The summed E-state index contributed by atoms with van der Waals surface area (Å²) in [5.74, 6) is 0. The zero-order valence-corrected chi connectivity index (χ0v) is 12.5. The predicted molar refractivity (Wildman–Crippen MR) is 90.6 cm³/mol. The Bertz CT molecular complexity index is 832. The maximum Gasteiger partial charge on any atom is 0.278 e. The predicted octanol–water partition coefficient (Wildman–Crippen LogP) is 4.84. The molecule has 3 rings (SSSR count). The van der Waals surface area contributed by atoms with Crippen LogP contribution in [0.25, 0.3) is 22.3 Å². The van der Waals surface area contributed by atoms with Crippen LogP contribution in [0.2, 0.25) is 0 Å². The van der Waals surface area contributed by atoms with E-state index in [1.54, 1.807) is 60.7 Å². The van der Waals surface area contributed by atoms with Gasteiger partial charge in [-0.1, -0.05) is 60.7 Å². The highest BCUT2D eigenvalue weighted by molar-refractivity contribution is 5.85. The fourth-order valence-electron chi connectivity index (χ4n) is 2.58. The molecule has 0 amide bonds. The number of rotatable bonds is 4. The Kier molecular flexibility index (Phi) is 4.03. The van der Waals surface area contributed by atoms with Crippen molar-refractivity contribution in [2.45, 2.75) is 0 Å². The van der Waals surface area contributed by atoms with Crippen LogP contribution in [0, 0.1) is 20.2 Å². The van der Waals surface area contributed by atoms with Gasteiger partial charge in [-0.2, -0.15) is 0 Å². The average molecular weight is 320 g/mol. The van der Waals surface area contributed by atoms with E-state index < -0.39 is 9.85 Å². The van der Waals surface area contributed by atoms with E-state index in [9.17, 15) is 20.2 Å². The van der Waals surface area contributed by atoms with Crippen LogP contribution >= 0.6 is 0 Å². The van der Waals surface area contributed by atoms with E-state index in [2.05, 4.69) is 0 Å². The molecule has 6 nitrogen and oxygen atoms in total. The smallest absolute Gasteiger partial charge is 0.258 e. The van der Waals surface area contributed by atoms with Gasteiger partial charge >= 0.3 is 0 Å². The molecular formula is C18H12N2O4. The molecule has 3 aromatic carbocycles. The molecule has 0 radical (unpaired) electrons. The lowest BCUT2D eigenvalue weighted by Gasteiger charge is -2.08. The van der Waals surface area contributed by atoms with Gasteiger partial charge in [0.05, 0.1) is 21.0 Å². The summed E-state index contributed by atoms with van der Waals surface area (Å²) in [5, 5.41) is 23.0. The third-order valence-electron chi connectivity index (χ3n) is 3.68. The van der Waals surface area contributed by atoms with Gasteiger partial charge in [0.25, 0.3) is 11.4 Å². The first-order valence-electron chi connectivity index (χ1n) is 7.15. The van der Waals surface area contributed by atoms with Crippen LogP contribution in [0.5, 0.6) is 0 Å². The van der Waals surface area contributed by atoms with Crippen molar-refractivity contribution in [3.63, 3.8) is 0 Å². The van der Waals surface area contributed by atoms with Crippen LogP contribution in [0.15, 0.2) is 72.8 Å². The summed E-state index contributed by atoms with van der Waals surface area (Å²) in [4.78, 5) is 22.0. The lowest BCUT2D eigenvalue weighted by Crippen LogP contribution is -1.98. The second kappa shape index (κ2) is 6.29. The number of benzene rings is 3. The first-order chi connectivity index (χ1) is 11.6. The molecule has 3 aromatic rings. The molecule has 0 aliphatic rings. The number of nitrogens with zero attached hydrogens (tertiary/aromatic N) is 2. The molecule has 0 spiro atoms. The Morgan fingerprint density at radius 2 is 0.917 bits per heavy atom. The van der Waals surface area contributed by atoms with E-state index in [4.69, 9.17) is 0 Å². The molecule has 6 heteroatoms. The Morgan fingerprint density at radius 3 is 1.21 bits per heavy atom. The summed E-state index contributed by atoms with van der Waals surface area (Å²) < 4.78 is 0. The molecule has 0 saturated heterocycles. The first-order valence-corrected chi connectivity index (χ1v) is 7.15. The van der Waals surface area contributed by atoms with E-state index >= 15 is 0 Å². The lowest BCUT2D eigenvalue weighted by atomic mass is 9.96. The molecule has 0 heterocycles. The van der Waals surface area contributed by atoms with Gasteiger partial charge in [-0.15, -0.1) is 0 Å². The van der Waals surface area contributed by atoms with Gasteiger partial charge in [-0.05, 0) is 11.1 Å². The number of hydrogen-bond acceptors (Lipinski definition) is 4. The van der Waals surface area contributed by atoms with E-state index in [0.717, 1.165) is 0 Å². The van der Waals surface area contributed by atoms with Crippen molar-refractivity contribution in [3.05, 3.63) is 93.0 Å². The molecule has 24 heavy (non-hydrogen) atoms. The summed E-state index contributed by atoms with van der Waals surface area (Å²) in [5.41, 5.74) is 1.26.